The van der Waals surface area contributed by atoms with E-state index >= 15 is 0 Å². The molecule has 2 rings (SSSR count). The first kappa shape index (κ1) is 11.8. The minimum Gasteiger partial charge on any atom is -0.398 e. The standard InChI is InChI=1S/C13H20N2S/c1-11-12(14)5-4-6-13(11)16-10-9-15-7-2-3-8-15/h4-6H,2-3,7-10,14H2,1H3. The number of likely N-dealkylation sites (tertiary alicyclic amines) is 1. The molecule has 1 heterocycles. The Labute approximate surface area is 102 Å². The molecule has 1 fully saturated rings. The van der Waals surface area contributed by atoms with Crippen LogP contribution in [0.2, 0.25) is 0 Å². The Hall–Kier alpha value is -0.670. The molecule has 3 heteroatoms. The average Bonchev–Trinajstić information content (AvgIpc) is 2.77. The zero-order chi connectivity index (χ0) is 11.4. The van der Waals surface area contributed by atoms with Crippen LogP contribution < -0.4 is 5.73 Å². The van der Waals surface area contributed by atoms with Gasteiger partial charge in [-0.1, -0.05) is 6.07 Å². The highest BCUT2D eigenvalue weighted by Crippen LogP contribution is 2.26. The van der Waals surface area contributed by atoms with Gasteiger partial charge in [0, 0.05) is 22.9 Å². The normalized spacial score (nSPS) is 16.8. The maximum absolute atomic E-state index is 5.89. The zero-order valence-corrected chi connectivity index (χ0v) is 10.7. The molecule has 2 N–H and O–H groups in total. The van der Waals surface area contributed by atoms with Crippen molar-refractivity contribution in [3.63, 3.8) is 0 Å². The maximum atomic E-state index is 5.89. The molecule has 0 bridgehead atoms. The van der Waals surface area contributed by atoms with Crippen LogP contribution in [-0.2, 0) is 0 Å². The van der Waals surface area contributed by atoms with E-state index in [1.54, 1.807) is 0 Å². The van der Waals surface area contributed by atoms with E-state index in [2.05, 4.69) is 17.9 Å². The van der Waals surface area contributed by atoms with Crippen LogP contribution in [0.5, 0.6) is 0 Å². The smallest absolute Gasteiger partial charge is 0.0354 e. The highest BCUT2D eigenvalue weighted by atomic mass is 32.2. The van der Waals surface area contributed by atoms with Crippen molar-refractivity contribution in [2.45, 2.75) is 24.7 Å². The lowest BCUT2D eigenvalue weighted by Crippen LogP contribution is -2.21. The largest absolute Gasteiger partial charge is 0.398 e. The van der Waals surface area contributed by atoms with Gasteiger partial charge in [-0.15, -0.1) is 11.8 Å². The molecule has 2 nitrogen and oxygen atoms in total. The summed E-state index contributed by atoms with van der Waals surface area (Å²) in [6.07, 6.45) is 2.75. The van der Waals surface area contributed by atoms with Gasteiger partial charge in [-0.3, -0.25) is 0 Å². The van der Waals surface area contributed by atoms with Gasteiger partial charge in [-0.25, -0.2) is 0 Å². The summed E-state index contributed by atoms with van der Waals surface area (Å²) in [5, 5.41) is 0. The van der Waals surface area contributed by atoms with E-state index in [4.69, 9.17) is 5.73 Å². The van der Waals surface area contributed by atoms with Gasteiger partial charge >= 0.3 is 0 Å². The van der Waals surface area contributed by atoms with Crippen molar-refractivity contribution >= 4 is 17.4 Å². The van der Waals surface area contributed by atoms with Gasteiger partial charge in [0.05, 0.1) is 0 Å². The van der Waals surface area contributed by atoms with Crippen molar-refractivity contribution in [3.05, 3.63) is 23.8 Å². The Morgan fingerprint density at radius 1 is 1.31 bits per heavy atom. The molecule has 0 aromatic heterocycles. The van der Waals surface area contributed by atoms with Crippen LogP contribution in [0.25, 0.3) is 0 Å². The molecule has 1 aliphatic rings. The van der Waals surface area contributed by atoms with E-state index in [1.165, 1.54) is 48.7 Å². The number of rotatable bonds is 4. The summed E-state index contributed by atoms with van der Waals surface area (Å²) in [5.41, 5.74) is 8.03. The SMILES string of the molecule is Cc1c(N)cccc1SCCN1CCCC1. The summed E-state index contributed by atoms with van der Waals surface area (Å²) < 4.78 is 0. The first-order valence-electron chi connectivity index (χ1n) is 5.97. The Morgan fingerprint density at radius 3 is 2.81 bits per heavy atom. The van der Waals surface area contributed by atoms with E-state index in [0.29, 0.717) is 0 Å². The molecule has 1 aromatic carbocycles. The fraction of sp³-hybridized carbons (Fsp3) is 0.538. The molecular formula is C13H20N2S. The first-order valence-corrected chi connectivity index (χ1v) is 6.96. The topological polar surface area (TPSA) is 29.3 Å². The Bertz CT molecular complexity index is 346. The van der Waals surface area contributed by atoms with Crippen molar-refractivity contribution in [2.75, 3.05) is 31.1 Å². The third-order valence-corrected chi connectivity index (χ3v) is 4.33. The number of nitrogen functional groups attached to an aromatic ring is 1. The molecule has 0 unspecified atom stereocenters. The lowest BCUT2D eigenvalue weighted by molar-refractivity contribution is 0.362. The number of benzene rings is 1. The van der Waals surface area contributed by atoms with Gasteiger partial charge in [-0.05, 0) is 50.6 Å². The summed E-state index contributed by atoms with van der Waals surface area (Å²) in [4.78, 5) is 3.88. The summed E-state index contributed by atoms with van der Waals surface area (Å²) >= 11 is 1.93. The van der Waals surface area contributed by atoms with E-state index < -0.39 is 0 Å². The molecule has 1 aliphatic heterocycles. The Kier molecular flexibility index (Phi) is 4.13. The highest BCUT2D eigenvalue weighted by molar-refractivity contribution is 7.99. The predicted octanol–water partition coefficient (Wildman–Crippen LogP) is 2.77. The molecular weight excluding hydrogens is 216 g/mol. The van der Waals surface area contributed by atoms with E-state index in [1.807, 2.05) is 23.9 Å². The van der Waals surface area contributed by atoms with E-state index in [0.717, 1.165) is 5.69 Å². The van der Waals surface area contributed by atoms with Crippen LogP contribution in [0.1, 0.15) is 18.4 Å². The van der Waals surface area contributed by atoms with Gasteiger partial charge in [0.15, 0.2) is 0 Å². The third-order valence-electron chi connectivity index (χ3n) is 3.19. The molecule has 1 saturated heterocycles. The van der Waals surface area contributed by atoms with Crippen molar-refractivity contribution in [1.29, 1.82) is 0 Å². The first-order chi connectivity index (χ1) is 7.77. The summed E-state index contributed by atoms with van der Waals surface area (Å²) in [6, 6.07) is 6.18. The van der Waals surface area contributed by atoms with Crippen LogP contribution in [0.15, 0.2) is 23.1 Å². The van der Waals surface area contributed by atoms with Crippen molar-refractivity contribution in [3.8, 4) is 0 Å². The Balaban J connectivity index is 1.82. The van der Waals surface area contributed by atoms with Crippen LogP contribution in [0, 0.1) is 6.92 Å². The van der Waals surface area contributed by atoms with Gasteiger partial charge in [0.2, 0.25) is 0 Å². The number of thioether (sulfide) groups is 1. The maximum Gasteiger partial charge on any atom is 0.0354 e. The molecule has 1 aromatic rings. The van der Waals surface area contributed by atoms with Crippen molar-refractivity contribution < 1.29 is 0 Å². The van der Waals surface area contributed by atoms with Gasteiger partial charge < -0.3 is 10.6 Å². The van der Waals surface area contributed by atoms with E-state index in [-0.39, 0.29) is 0 Å². The molecule has 16 heavy (non-hydrogen) atoms. The number of anilines is 1. The summed E-state index contributed by atoms with van der Waals surface area (Å²) in [6.45, 7) is 5.89. The quantitative estimate of drug-likeness (QED) is 0.644. The molecule has 0 saturated carbocycles. The molecule has 0 atom stereocenters. The number of nitrogens with two attached hydrogens (primary N) is 1. The minimum absolute atomic E-state index is 0.908. The molecule has 0 aliphatic carbocycles. The highest BCUT2D eigenvalue weighted by Gasteiger charge is 2.11. The van der Waals surface area contributed by atoms with Crippen molar-refractivity contribution in [1.82, 2.24) is 4.90 Å². The van der Waals surface area contributed by atoms with Gasteiger partial charge in [0.25, 0.3) is 0 Å². The van der Waals surface area contributed by atoms with Crippen LogP contribution in [0.3, 0.4) is 0 Å². The number of nitrogens with zero attached hydrogens (tertiary/aromatic N) is 1. The summed E-state index contributed by atoms with van der Waals surface area (Å²) in [5.74, 6) is 1.17. The monoisotopic (exact) mass is 236 g/mol. The predicted molar refractivity (Wildman–Crippen MR) is 72.0 cm³/mol. The Morgan fingerprint density at radius 2 is 2.06 bits per heavy atom. The fourth-order valence-electron chi connectivity index (χ4n) is 2.08. The van der Waals surface area contributed by atoms with Gasteiger partial charge in [0.1, 0.15) is 0 Å². The second-order valence-electron chi connectivity index (χ2n) is 4.37. The second-order valence-corrected chi connectivity index (χ2v) is 5.50. The van der Waals surface area contributed by atoms with E-state index in [9.17, 15) is 0 Å². The number of hydrogen-bond acceptors (Lipinski definition) is 3. The van der Waals surface area contributed by atoms with Crippen LogP contribution in [0.4, 0.5) is 5.69 Å². The van der Waals surface area contributed by atoms with Gasteiger partial charge in [-0.2, -0.15) is 0 Å². The molecule has 0 radical (unpaired) electrons. The third kappa shape index (κ3) is 2.92. The number of hydrogen-bond donors (Lipinski definition) is 1. The second kappa shape index (κ2) is 5.60. The van der Waals surface area contributed by atoms with Crippen LogP contribution >= 0.6 is 11.8 Å². The molecule has 88 valence electrons. The molecule has 0 spiro atoms. The zero-order valence-electron chi connectivity index (χ0n) is 9.91. The average molecular weight is 236 g/mol. The lowest BCUT2D eigenvalue weighted by Gasteiger charge is -2.14. The lowest BCUT2D eigenvalue weighted by atomic mass is 10.2. The van der Waals surface area contributed by atoms with Crippen molar-refractivity contribution in [2.24, 2.45) is 0 Å². The van der Waals surface area contributed by atoms with Crippen LogP contribution in [-0.4, -0.2) is 30.3 Å². The minimum atomic E-state index is 0.908. The summed E-state index contributed by atoms with van der Waals surface area (Å²) in [7, 11) is 0. The fourth-order valence-corrected chi connectivity index (χ4v) is 3.16. The molecule has 0 amide bonds.